The Morgan fingerprint density at radius 1 is 0.800 bits per heavy atom. The Balaban J connectivity index is 1.47. The van der Waals surface area contributed by atoms with Crippen molar-refractivity contribution in [1.82, 2.24) is 0 Å². The average Bonchev–Trinajstić information content (AvgIpc) is 2.88. The van der Waals surface area contributed by atoms with Gasteiger partial charge in [0, 0.05) is 28.0 Å². The monoisotopic (exact) mass is 486 g/mol. The topological polar surface area (TPSA) is 75.6 Å². The van der Waals surface area contributed by atoms with E-state index < -0.39 is 0 Å². The molecule has 4 rings (SSSR count). The number of hydrogen-bond donors (Lipinski definition) is 1. The van der Waals surface area contributed by atoms with Crippen molar-refractivity contribution in [2.45, 2.75) is 45.5 Å². The molecular formula is C28H38O7. The predicted octanol–water partition coefficient (Wildman–Crippen LogP) is 4.86. The van der Waals surface area contributed by atoms with E-state index in [2.05, 4.69) is 13.8 Å². The molecule has 7 nitrogen and oxygen atoms in total. The summed E-state index contributed by atoms with van der Waals surface area (Å²) in [6.07, 6.45) is 1.66. The van der Waals surface area contributed by atoms with Crippen LogP contribution in [0.25, 0.3) is 0 Å². The molecule has 2 fully saturated rings. The van der Waals surface area contributed by atoms with Crippen LogP contribution < -0.4 is 14.2 Å². The van der Waals surface area contributed by atoms with Crippen LogP contribution >= 0.6 is 0 Å². The molecule has 2 aromatic rings. The molecular weight excluding hydrogens is 448 g/mol. The zero-order valence-corrected chi connectivity index (χ0v) is 21.5. The van der Waals surface area contributed by atoms with E-state index in [0.29, 0.717) is 26.4 Å². The standard InChI is InChI=1S/C28H38O7/c1-6-27(17-34-25(27)21-10-8-19(14-29)12-23(21)31-4)15-33-16-28(7-2)18-35-26(28)22-11-9-20(30-3)13-24(22)32-5/h8-13,25-26,29H,6-7,14-18H2,1-5H3. The van der Waals surface area contributed by atoms with Crippen molar-refractivity contribution in [3.8, 4) is 17.2 Å². The Labute approximate surface area is 208 Å². The smallest absolute Gasteiger partial charge is 0.128 e. The lowest BCUT2D eigenvalue weighted by molar-refractivity contribution is -0.249. The summed E-state index contributed by atoms with van der Waals surface area (Å²) in [5, 5.41) is 9.48. The van der Waals surface area contributed by atoms with Gasteiger partial charge in [-0.2, -0.15) is 0 Å². The van der Waals surface area contributed by atoms with E-state index in [1.807, 2.05) is 36.4 Å². The third-order valence-corrected chi connectivity index (χ3v) is 7.86. The van der Waals surface area contributed by atoms with Crippen LogP contribution in [0, 0.1) is 10.8 Å². The Morgan fingerprint density at radius 3 is 1.77 bits per heavy atom. The van der Waals surface area contributed by atoms with Gasteiger partial charge in [0.1, 0.15) is 17.2 Å². The Hall–Kier alpha value is -2.32. The highest BCUT2D eigenvalue weighted by Crippen LogP contribution is 2.54. The highest BCUT2D eigenvalue weighted by Gasteiger charge is 2.52. The van der Waals surface area contributed by atoms with E-state index in [9.17, 15) is 5.11 Å². The van der Waals surface area contributed by atoms with Gasteiger partial charge in [0.25, 0.3) is 0 Å². The number of methoxy groups -OCH3 is 3. The van der Waals surface area contributed by atoms with E-state index in [0.717, 1.165) is 46.8 Å². The van der Waals surface area contributed by atoms with Crippen LogP contribution in [0.15, 0.2) is 36.4 Å². The van der Waals surface area contributed by atoms with Crippen molar-refractivity contribution in [1.29, 1.82) is 0 Å². The molecule has 2 heterocycles. The van der Waals surface area contributed by atoms with Crippen LogP contribution in [-0.2, 0) is 20.8 Å². The summed E-state index contributed by atoms with van der Waals surface area (Å²) in [4.78, 5) is 0. The fourth-order valence-electron chi connectivity index (χ4n) is 5.22. The first-order valence-corrected chi connectivity index (χ1v) is 12.3. The third kappa shape index (κ3) is 4.62. The molecule has 0 aromatic heterocycles. The molecule has 7 heteroatoms. The van der Waals surface area contributed by atoms with Crippen LogP contribution in [0.3, 0.4) is 0 Å². The van der Waals surface area contributed by atoms with E-state index in [1.54, 1.807) is 21.3 Å². The van der Waals surface area contributed by atoms with Crippen LogP contribution in [0.5, 0.6) is 17.2 Å². The van der Waals surface area contributed by atoms with Crippen LogP contribution in [0.1, 0.15) is 55.6 Å². The molecule has 2 aliphatic heterocycles. The van der Waals surface area contributed by atoms with E-state index in [1.165, 1.54) is 0 Å². The molecule has 192 valence electrons. The lowest BCUT2D eigenvalue weighted by Gasteiger charge is -2.52. The SMILES string of the molecule is CCC1(COCC2(CC)COC2c2ccc(OC)cc2OC)COC1c1ccc(CO)cc1OC. The lowest BCUT2D eigenvalue weighted by Crippen LogP contribution is -2.52. The van der Waals surface area contributed by atoms with E-state index >= 15 is 0 Å². The minimum atomic E-state index is -0.124. The molecule has 35 heavy (non-hydrogen) atoms. The van der Waals surface area contributed by atoms with Crippen molar-refractivity contribution in [2.24, 2.45) is 10.8 Å². The average molecular weight is 487 g/mol. The molecule has 4 atom stereocenters. The molecule has 0 bridgehead atoms. The van der Waals surface area contributed by atoms with E-state index in [-0.39, 0.29) is 29.6 Å². The molecule has 4 unspecified atom stereocenters. The first-order valence-electron chi connectivity index (χ1n) is 12.3. The fourth-order valence-corrected chi connectivity index (χ4v) is 5.22. The first kappa shape index (κ1) is 25.8. The molecule has 2 aromatic carbocycles. The minimum Gasteiger partial charge on any atom is -0.497 e. The summed E-state index contributed by atoms with van der Waals surface area (Å²) in [5.74, 6) is 2.26. The second-order valence-electron chi connectivity index (χ2n) is 9.65. The van der Waals surface area contributed by atoms with Crippen molar-refractivity contribution in [3.63, 3.8) is 0 Å². The summed E-state index contributed by atoms with van der Waals surface area (Å²) in [6.45, 7) is 6.83. The largest absolute Gasteiger partial charge is 0.497 e. The van der Waals surface area contributed by atoms with Gasteiger partial charge in [-0.1, -0.05) is 26.0 Å². The summed E-state index contributed by atoms with van der Waals surface area (Å²) in [6, 6.07) is 11.7. The van der Waals surface area contributed by atoms with Gasteiger partial charge in [-0.15, -0.1) is 0 Å². The Kier molecular flexibility index (Phi) is 7.91. The Morgan fingerprint density at radius 2 is 1.34 bits per heavy atom. The summed E-state index contributed by atoms with van der Waals surface area (Å²) >= 11 is 0. The molecule has 0 saturated carbocycles. The van der Waals surface area contributed by atoms with Gasteiger partial charge in [0.05, 0.1) is 66.6 Å². The number of hydrogen-bond acceptors (Lipinski definition) is 7. The maximum atomic E-state index is 9.48. The third-order valence-electron chi connectivity index (χ3n) is 7.86. The predicted molar refractivity (Wildman–Crippen MR) is 132 cm³/mol. The maximum Gasteiger partial charge on any atom is 0.128 e. The highest BCUT2D eigenvalue weighted by atomic mass is 16.5. The minimum absolute atomic E-state index is 0.0223. The number of aliphatic hydroxyl groups is 1. The number of benzene rings is 2. The Bertz CT molecular complexity index is 921. The van der Waals surface area contributed by atoms with Crippen molar-refractivity contribution < 1.29 is 33.5 Å². The second-order valence-corrected chi connectivity index (χ2v) is 9.65. The quantitative estimate of drug-likeness (QED) is 0.459. The van der Waals surface area contributed by atoms with Crippen molar-refractivity contribution in [3.05, 3.63) is 53.1 Å². The zero-order chi connectivity index (χ0) is 25.1. The van der Waals surface area contributed by atoms with Crippen molar-refractivity contribution in [2.75, 3.05) is 47.8 Å². The van der Waals surface area contributed by atoms with Gasteiger partial charge in [0.15, 0.2) is 0 Å². The van der Waals surface area contributed by atoms with Gasteiger partial charge < -0.3 is 33.5 Å². The van der Waals surface area contributed by atoms with Gasteiger partial charge in [-0.25, -0.2) is 0 Å². The summed E-state index contributed by atoms with van der Waals surface area (Å²) in [5.41, 5.74) is 2.60. The number of ether oxygens (including phenoxy) is 6. The van der Waals surface area contributed by atoms with Crippen molar-refractivity contribution >= 4 is 0 Å². The van der Waals surface area contributed by atoms with Gasteiger partial charge in [0.2, 0.25) is 0 Å². The molecule has 0 radical (unpaired) electrons. The molecule has 0 aliphatic carbocycles. The number of aliphatic hydroxyl groups excluding tert-OH is 1. The zero-order valence-electron chi connectivity index (χ0n) is 21.5. The normalized spacial score (nSPS) is 27.6. The van der Waals surface area contributed by atoms with Crippen LogP contribution in [0.4, 0.5) is 0 Å². The van der Waals surface area contributed by atoms with Gasteiger partial charge >= 0.3 is 0 Å². The second kappa shape index (κ2) is 10.7. The molecule has 1 N–H and O–H groups in total. The highest BCUT2D eigenvalue weighted by molar-refractivity contribution is 5.44. The first-order chi connectivity index (χ1) is 17.0. The van der Waals surface area contributed by atoms with Gasteiger partial charge in [-0.05, 0) is 36.6 Å². The van der Waals surface area contributed by atoms with Crippen LogP contribution in [-0.4, -0.2) is 52.9 Å². The molecule has 0 amide bonds. The molecule has 2 saturated heterocycles. The van der Waals surface area contributed by atoms with E-state index in [4.69, 9.17) is 28.4 Å². The lowest BCUT2D eigenvalue weighted by atomic mass is 9.72. The van der Waals surface area contributed by atoms with Crippen LogP contribution in [0.2, 0.25) is 0 Å². The molecule has 0 spiro atoms. The maximum absolute atomic E-state index is 9.48. The summed E-state index contributed by atoms with van der Waals surface area (Å²) in [7, 11) is 4.97. The number of rotatable bonds is 12. The fraction of sp³-hybridized carbons (Fsp3) is 0.571. The molecule has 2 aliphatic rings. The summed E-state index contributed by atoms with van der Waals surface area (Å²) < 4.78 is 35.2. The van der Waals surface area contributed by atoms with Gasteiger partial charge in [-0.3, -0.25) is 0 Å².